The van der Waals surface area contributed by atoms with E-state index in [0.29, 0.717) is 0 Å². The van der Waals surface area contributed by atoms with Gasteiger partial charge in [-0.25, -0.2) is 14.2 Å². The van der Waals surface area contributed by atoms with Gasteiger partial charge in [0.05, 0.1) is 42.1 Å². The third-order valence-electron chi connectivity index (χ3n) is 9.54. The zero-order chi connectivity index (χ0) is 38.7. The van der Waals surface area contributed by atoms with Crippen molar-refractivity contribution in [1.82, 2.24) is 24.4 Å². The van der Waals surface area contributed by atoms with Crippen molar-refractivity contribution in [3.63, 3.8) is 0 Å². The normalized spacial score (nSPS) is 24.3. The third kappa shape index (κ3) is 6.46. The minimum Gasteiger partial charge on any atom is -0.507 e. The molecule has 3 aliphatic rings. The average Bonchev–Trinajstić information content (AvgIpc) is 3.57. The van der Waals surface area contributed by atoms with E-state index in [-0.39, 0.29) is 58.2 Å². The van der Waals surface area contributed by atoms with Crippen LogP contribution in [0.1, 0.15) is 79.3 Å². The summed E-state index contributed by atoms with van der Waals surface area (Å²) in [6.07, 6.45) is -3.94. The van der Waals surface area contributed by atoms with E-state index in [1.165, 1.54) is 38.7 Å². The zero-order valence-electron chi connectivity index (χ0n) is 28.8. The number of hydrogen-bond acceptors (Lipinski definition) is 17. The molecular formula is C33H36ClN7O13. The van der Waals surface area contributed by atoms with Crippen LogP contribution in [0.2, 0.25) is 0 Å². The lowest BCUT2D eigenvalue weighted by atomic mass is 9.72. The van der Waals surface area contributed by atoms with Gasteiger partial charge in [-0.2, -0.15) is 4.68 Å². The Labute approximate surface area is 310 Å². The molecule has 2 aromatic heterocycles. The number of carbonyl (C=O) groups excluding carboxylic acids is 4. The van der Waals surface area contributed by atoms with Crippen LogP contribution in [0.3, 0.4) is 0 Å². The number of aliphatic hydroxyl groups is 3. The summed E-state index contributed by atoms with van der Waals surface area (Å²) in [4.78, 5) is 65.6. The molecule has 3 heterocycles. The van der Waals surface area contributed by atoms with Crippen molar-refractivity contribution in [2.45, 2.75) is 62.4 Å². The number of phenolic OH excluding ortho intramolecular Hbond substituents is 2. The number of Topliss-reactive ketones (excluding diaryl/α,β-unsaturated/α-hetero) is 1. The van der Waals surface area contributed by atoms with Crippen molar-refractivity contribution in [3.8, 4) is 17.2 Å². The predicted molar refractivity (Wildman–Crippen MR) is 184 cm³/mol. The van der Waals surface area contributed by atoms with Crippen molar-refractivity contribution in [3.05, 3.63) is 74.1 Å². The maximum absolute atomic E-state index is 13.6. The molecule has 2 aromatic carbocycles. The number of halogens is 1. The van der Waals surface area contributed by atoms with Crippen LogP contribution in [0.25, 0.3) is 5.65 Å². The number of methoxy groups -OCH3 is 1. The summed E-state index contributed by atoms with van der Waals surface area (Å²) in [6.45, 7) is 0.560. The number of amides is 1. The van der Waals surface area contributed by atoms with Gasteiger partial charge in [0.1, 0.15) is 35.8 Å². The molecule has 2 aliphatic carbocycles. The van der Waals surface area contributed by atoms with E-state index < -0.39 is 107 Å². The van der Waals surface area contributed by atoms with Crippen LogP contribution in [0, 0.1) is 0 Å². The Bertz CT molecular complexity index is 2250. The fraction of sp³-hybridized carbons (Fsp3) is 0.394. The first-order valence-corrected chi connectivity index (χ1v) is 16.1. The topological polar surface area (TPSA) is 314 Å². The van der Waals surface area contributed by atoms with Gasteiger partial charge in [0, 0.05) is 49.0 Å². The number of hydrogen-bond donors (Lipinski definition) is 7. The number of aromatic nitrogens is 5. The zero-order valence-corrected chi connectivity index (χ0v) is 29.6. The Kier molecular flexibility index (Phi) is 10.9. The van der Waals surface area contributed by atoms with E-state index in [9.17, 15) is 49.5 Å². The number of nitrogens with zero attached hydrogens (tertiary/aromatic N) is 5. The van der Waals surface area contributed by atoms with Gasteiger partial charge in [-0.3, -0.25) is 19.2 Å². The maximum atomic E-state index is 13.6. The lowest BCUT2D eigenvalue weighted by Crippen LogP contribution is -2.53. The van der Waals surface area contributed by atoms with Crippen molar-refractivity contribution >= 4 is 41.3 Å². The Balaban J connectivity index is 0.000000313. The monoisotopic (exact) mass is 773 g/mol. The third-order valence-corrected chi connectivity index (χ3v) is 9.54. The minimum absolute atomic E-state index is 0. The van der Waals surface area contributed by atoms with E-state index in [0.717, 1.165) is 9.08 Å². The quantitative estimate of drug-likeness (QED) is 0.0950. The highest BCUT2D eigenvalue weighted by molar-refractivity contribution is 6.31. The van der Waals surface area contributed by atoms with Crippen molar-refractivity contribution < 1.29 is 58.9 Å². The average molecular weight is 774 g/mol. The van der Waals surface area contributed by atoms with Crippen molar-refractivity contribution in [1.29, 1.82) is 0 Å². The molecule has 0 saturated carbocycles. The first-order chi connectivity index (χ1) is 25.0. The van der Waals surface area contributed by atoms with E-state index in [1.807, 2.05) is 0 Å². The molecular weight excluding hydrogens is 738 g/mol. The fourth-order valence-corrected chi connectivity index (χ4v) is 6.81. The Morgan fingerprint density at radius 1 is 1.11 bits per heavy atom. The van der Waals surface area contributed by atoms with Gasteiger partial charge in [0.2, 0.25) is 5.78 Å². The second-order valence-corrected chi connectivity index (χ2v) is 12.8. The van der Waals surface area contributed by atoms with Crippen LogP contribution in [-0.2, 0) is 27.7 Å². The molecule has 1 aliphatic heterocycles. The second kappa shape index (κ2) is 14.8. The van der Waals surface area contributed by atoms with Gasteiger partial charge >= 0.3 is 5.69 Å². The van der Waals surface area contributed by atoms with Crippen LogP contribution >= 0.6 is 12.4 Å². The van der Waals surface area contributed by atoms with E-state index >= 15 is 0 Å². The summed E-state index contributed by atoms with van der Waals surface area (Å²) in [5.74, 6) is -4.52. The SMILES string of the molecule is COc1cccc2c1C(=O)c1c(O)c3c(c(O)c1C2=O)C[C@@](O)(C(=O)CO)C[C@@H]3O[C@H]1C[C@H](N)[C@H](O)[C@H](C)O1.Cl.Cn1nnc2c(C(N)=O)ncn2c1=O. The number of rotatable bonds is 6. The van der Waals surface area contributed by atoms with Crippen molar-refractivity contribution in [2.75, 3.05) is 13.7 Å². The molecule has 21 heteroatoms. The van der Waals surface area contributed by atoms with E-state index in [2.05, 4.69) is 15.3 Å². The number of aryl methyl sites for hydroxylation is 1. The number of nitrogens with two attached hydrogens (primary N) is 2. The molecule has 54 heavy (non-hydrogen) atoms. The molecule has 0 radical (unpaired) electrons. The smallest absolute Gasteiger partial charge is 0.352 e. The first-order valence-electron chi connectivity index (χ1n) is 16.1. The summed E-state index contributed by atoms with van der Waals surface area (Å²) in [6, 6.07) is 3.64. The molecule has 6 atom stereocenters. The molecule has 0 bridgehead atoms. The molecule has 7 rings (SSSR count). The van der Waals surface area contributed by atoms with Crippen LogP contribution < -0.4 is 21.9 Å². The molecule has 4 aromatic rings. The van der Waals surface area contributed by atoms with Crippen LogP contribution in [0.4, 0.5) is 0 Å². The molecule has 0 unspecified atom stereocenters. The van der Waals surface area contributed by atoms with Gasteiger partial charge in [0.25, 0.3) is 5.91 Å². The number of fused-ring (bicyclic) bond motifs is 4. The summed E-state index contributed by atoms with van der Waals surface area (Å²) in [5.41, 5.74) is 6.97. The number of aliphatic hydroxyl groups excluding tert-OH is 2. The molecule has 20 nitrogen and oxygen atoms in total. The Hall–Kier alpha value is -5.35. The predicted octanol–water partition coefficient (Wildman–Crippen LogP) is -1.65. The molecule has 1 saturated heterocycles. The van der Waals surface area contributed by atoms with Gasteiger partial charge in [-0.15, -0.1) is 17.5 Å². The van der Waals surface area contributed by atoms with Crippen LogP contribution in [-0.4, -0.2) is 117 Å². The molecule has 1 fully saturated rings. The lowest BCUT2D eigenvalue weighted by Gasteiger charge is -2.42. The first kappa shape index (κ1) is 39.8. The highest BCUT2D eigenvalue weighted by Crippen LogP contribution is 2.52. The van der Waals surface area contributed by atoms with E-state index in [1.54, 1.807) is 6.92 Å². The Morgan fingerprint density at radius 3 is 2.43 bits per heavy atom. The molecule has 1 amide bonds. The van der Waals surface area contributed by atoms with Crippen LogP contribution in [0.15, 0.2) is 29.3 Å². The highest BCUT2D eigenvalue weighted by Gasteiger charge is 2.50. The molecule has 0 spiro atoms. The minimum atomic E-state index is -2.24. The number of primary amides is 1. The largest absolute Gasteiger partial charge is 0.507 e. The van der Waals surface area contributed by atoms with Gasteiger partial charge in [0.15, 0.2) is 29.2 Å². The number of phenols is 2. The van der Waals surface area contributed by atoms with E-state index in [4.69, 9.17) is 25.7 Å². The van der Waals surface area contributed by atoms with Gasteiger partial charge in [-0.05, 0) is 13.0 Å². The standard InChI is InChI=1S/C27H29NO11.C6H6N6O2.ClH/c1-10-22(31)13(28)6-17(38-10)39-15-8-27(36,16(30)9-29)7-12-19(15)26(35)21-20(24(12)33)23(32)11-4-3-5-14(37-2)18(11)25(21)34;1-11-6(14)12-2-8-3(4(7)13)5(12)9-10-11;/h3-5,10,13,15,17,22,29,31,33,35-36H,6-9,28H2,1-2H3;2H,1H3,(H2,7,13);1H/t10-,13-,15-,17-,22+,27-;;/m0../s1. The number of ketones is 3. The summed E-state index contributed by atoms with van der Waals surface area (Å²) in [7, 11) is 2.77. The van der Waals surface area contributed by atoms with Gasteiger partial charge in [-0.1, -0.05) is 17.3 Å². The number of aromatic hydroxyl groups is 2. The second-order valence-electron chi connectivity index (χ2n) is 12.8. The fourth-order valence-electron chi connectivity index (χ4n) is 6.81. The molecule has 288 valence electrons. The summed E-state index contributed by atoms with van der Waals surface area (Å²) >= 11 is 0. The van der Waals surface area contributed by atoms with Crippen LogP contribution in [0.5, 0.6) is 17.2 Å². The number of carbonyl (C=O) groups is 4. The maximum Gasteiger partial charge on any atom is 0.352 e. The van der Waals surface area contributed by atoms with Crippen molar-refractivity contribution in [2.24, 2.45) is 18.5 Å². The number of ether oxygens (including phenoxy) is 3. The summed E-state index contributed by atoms with van der Waals surface area (Å²) < 4.78 is 19.1. The number of imidazole rings is 1. The lowest BCUT2D eigenvalue weighted by molar-refractivity contribution is -0.247. The highest BCUT2D eigenvalue weighted by atomic mass is 35.5. The summed E-state index contributed by atoms with van der Waals surface area (Å²) in [5, 5.41) is 60.8. The van der Waals surface area contributed by atoms with Gasteiger partial charge < -0.3 is 51.2 Å². The number of benzene rings is 2. The molecule has 9 N–H and O–H groups in total. The Morgan fingerprint density at radius 2 is 1.80 bits per heavy atom.